The molecule has 0 spiro atoms. The summed E-state index contributed by atoms with van der Waals surface area (Å²) in [5.41, 5.74) is 3.32. The van der Waals surface area contributed by atoms with Crippen LogP contribution in [0.5, 0.6) is 5.75 Å². The fraction of sp³-hybridized carbons (Fsp3) is 0.394. The molecule has 2 aliphatic rings. The van der Waals surface area contributed by atoms with E-state index in [0.717, 1.165) is 37.9 Å². The zero-order valence-electron chi connectivity index (χ0n) is 24.2. The van der Waals surface area contributed by atoms with Gasteiger partial charge in [-0.3, -0.25) is 4.79 Å². The number of benzene rings is 3. The number of ether oxygens (including phenoxy) is 1. The fourth-order valence-corrected chi connectivity index (χ4v) is 5.80. The van der Waals surface area contributed by atoms with Gasteiger partial charge in [0.15, 0.2) is 0 Å². The van der Waals surface area contributed by atoms with E-state index >= 15 is 0 Å². The van der Waals surface area contributed by atoms with E-state index in [2.05, 4.69) is 34.3 Å². The molecule has 2 heterocycles. The summed E-state index contributed by atoms with van der Waals surface area (Å²) in [7, 11) is 1.76. The second kappa shape index (κ2) is 13.5. The summed E-state index contributed by atoms with van der Waals surface area (Å²) in [5.74, 6) is -0.426. The van der Waals surface area contributed by atoms with Gasteiger partial charge in [0.2, 0.25) is 0 Å². The zero-order chi connectivity index (χ0) is 30.4. The number of amides is 3. The van der Waals surface area contributed by atoms with Gasteiger partial charge in [-0.1, -0.05) is 54.6 Å². The summed E-state index contributed by atoms with van der Waals surface area (Å²) in [6, 6.07) is 23.3. The Morgan fingerprint density at radius 1 is 0.884 bits per heavy atom. The monoisotopic (exact) mass is 594 g/mol. The molecule has 0 radical (unpaired) electrons. The number of carbonyl (C=O) groups excluding carboxylic acids is 2. The molecule has 0 aliphatic carbocycles. The number of urea groups is 1. The molecular formula is C33H37F3N4O3. The molecule has 43 heavy (non-hydrogen) atoms. The summed E-state index contributed by atoms with van der Waals surface area (Å²) in [5, 5.41) is 3.60. The van der Waals surface area contributed by atoms with Gasteiger partial charge in [0, 0.05) is 44.8 Å². The zero-order valence-corrected chi connectivity index (χ0v) is 24.2. The van der Waals surface area contributed by atoms with Crippen molar-refractivity contribution in [1.82, 2.24) is 20.0 Å². The van der Waals surface area contributed by atoms with Crippen LogP contribution in [0.1, 0.15) is 35.2 Å². The van der Waals surface area contributed by atoms with Crippen LogP contribution in [-0.4, -0.2) is 84.9 Å². The molecule has 0 bridgehead atoms. The summed E-state index contributed by atoms with van der Waals surface area (Å²) in [6.07, 6.45) is -0.996. The molecule has 5 rings (SSSR count). The van der Waals surface area contributed by atoms with E-state index in [1.807, 2.05) is 15.9 Å². The standard InChI is InChI=1S/C33H37F3N4O3/c1-38(31(41)27-11-9-25(10-12-27)26-13-15-30(16-14-26)43-33(34,35)36)29-18-21-40(23-29)32(42)39-20-17-28(22-39)37-19-5-8-24-6-3-2-4-7-24/h2-4,6-7,9-16,28-29,37H,5,8,17-23H2,1H3/t28-,29-/m0/s1. The second-order valence-corrected chi connectivity index (χ2v) is 11.2. The maximum absolute atomic E-state index is 13.2. The Hall–Kier alpha value is -4.05. The maximum atomic E-state index is 13.2. The molecule has 228 valence electrons. The van der Waals surface area contributed by atoms with Crippen molar-refractivity contribution in [3.05, 3.63) is 90.0 Å². The number of hydrogen-bond acceptors (Lipinski definition) is 4. The number of nitrogens with one attached hydrogen (secondary N) is 1. The summed E-state index contributed by atoms with van der Waals surface area (Å²) >= 11 is 0. The van der Waals surface area contributed by atoms with E-state index in [4.69, 9.17) is 0 Å². The summed E-state index contributed by atoms with van der Waals surface area (Å²) in [4.78, 5) is 31.9. The van der Waals surface area contributed by atoms with Crippen LogP contribution < -0.4 is 10.1 Å². The predicted octanol–water partition coefficient (Wildman–Crippen LogP) is 5.82. The molecule has 7 nitrogen and oxygen atoms in total. The number of nitrogens with zero attached hydrogens (tertiary/aromatic N) is 3. The Labute approximate surface area is 250 Å². The molecule has 0 saturated carbocycles. The first-order valence-corrected chi connectivity index (χ1v) is 14.7. The highest BCUT2D eigenvalue weighted by Gasteiger charge is 2.35. The first-order chi connectivity index (χ1) is 20.7. The van der Waals surface area contributed by atoms with E-state index in [9.17, 15) is 22.8 Å². The van der Waals surface area contributed by atoms with Crippen molar-refractivity contribution in [2.24, 2.45) is 0 Å². The molecule has 3 amide bonds. The average molecular weight is 595 g/mol. The average Bonchev–Trinajstić information content (AvgIpc) is 3.69. The van der Waals surface area contributed by atoms with Gasteiger partial charge < -0.3 is 24.8 Å². The molecule has 2 saturated heterocycles. The molecule has 0 unspecified atom stereocenters. The SMILES string of the molecule is CN(C(=O)c1ccc(-c2ccc(OC(F)(F)F)cc2)cc1)[C@H]1CCN(C(=O)N2CC[C@H](NCCCc3ccccc3)C2)C1. The fourth-order valence-electron chi connectivity index (χ4n) is 5.80. The van der Waals surface area contributed by atoms with E-state index in [1.54, 1.807) is 48.3 Å². The first-order valence-electron chi connectivity index (χ1n) is 14.7. The molecule has 3 aromatic rings. The predicted molar refractivity (Wildman–Crippen MR) is 159 cm³/mol. The van der Waals surface area contributed by atoms with Crippen LogP contribution in [0.3, 0.4) is 0 Å². The number of halogens is 3. The highest BCUT2D eigenvalue weighted by molar-refractivity contribution is 5.95. The van der Waals surface area contributed by atoms with Crippen LogP contribution >= 0.6 is 0 Å². The number of rotatable bonds is 9. The Morgan fingerprint density at radius 2 is 1.51 bits per heavy atom. The van der Waals surface area contributed by atoms with Crippen LogP contribution in [0.25, 0.3) is 11.1 Å². The Bertz CT molecular complexity index is 1370. The highest BCUT2D eigenvalue weighted by atomic mass is 19.4. The van der Waals surface area contributed by atoms with E-state index in [0.29, 0.717) is 43.2 Å². The van der Waals surface area contributed by atoms with Crippen molar-refractivity contribution in [3.63, 3.8) is 0 Å². The lowest BCUT2D eigenvalue weighted by Gasteiger charge is -2.27. The van der Waals surface area contributed by atoms with Crippen LogP contribution in [0.2, 0.25) is 0 Å². The second-order valence-electron chi connectivity index (χ2n) is 11.2. The Morgan fingerprint density at radius 3 is 2.19 bits per heavy atom. The van der Waals surface area contributed by atoms with Crippen LogP contribution in [-0.2, 0) is 6.42 Å². The lowest BCUT2D eigenvalue weighted by atomic mass is 10.0. The van der Waals surface area contributed by atoms with Gasteiger partial charge in [0.05, 0.1) is 6.04 Å². The third-order valence-electron chi connectivity index (χ3n) is 8.23. The lowest BCUT2D eigenvalue weighted by molar-refractivity contribution is -0.274. The molecule has 2 atom stereocenters. The van der Waals surface area contributed by atoms with Crippen molar-refractivity contribution in [3.8, 4) is 16.9 Å². The molecular weight excluding hydrogens is 557 g/mol. The largest absolute Gasteiger partial charge is 0.573 e. The van der Waals surface area contributed by atoms with Gasteiger partial charge >= 0.3 is 12.4 Å². The first kappa shape index (κ1) is 30.4. The van der Waals surface area contributed by atoms with Crippen LogP contribution in [0, 0.1) is 0 Å². The van der Waals surface area contributed by atoms with E-state index in [1.165, 1.54) is 17.7 Å². The smallest absolute Gasteiger partial charge is 0.406 e. The van der Waals surface area contributed by atoms with Crippen molar-refractivity contribution < 1.29 is 27.5 Å². The van der Waals surface area contributed by atoms with Crippen molar-refractivity contribution in [2.75, 3.05) is 39.8 Å². The van der Waals surface area contributed by atoms with Gasteiger partial charge in [0.25, 0.3) is 5.91 Å². The third-order valence-corrected chi connectivity index (χ3v) is 8.23. The quantitative estimate of drug-likeness (QED) is 0.318. The number of hydrogen-bond donors (Lipinski definition) is 1. The number of carbonyl (C=O) groups is 2. The minimum absolute atomic E-state index is 0.0351. The molecule has 3 aromatic carbocycles. The van der Waals surface area contributed by atoms with Gasteiger partial charge in [-0.25, -0.2) is 4.79 Å². The van der Waals surface area contributed by atoms with E-state index in [-0.39, 0.29) is 23.7 Å². The summed E-state index contributed by atoms with van der Waals surface area (Å²) in [6.45, 7) is 3.46. The van der Waals surface area contributed by atoms with Gasteiger partial charge in [-0.15, -0.1) is 13.2 Å². The normalized spacial score (nSPS) is 18.6. The maximum Gasteiger partial charge on any atom is 0.573 e. The van der Waals surface area contributed by atoms with Crippen molar-refractivity contribution in [2.45, 2.75) is 44.1 Å². The molecule has 1 N–H and O–H groups in total. The number of likely N-dealkylation sites (N-methyl/N-ethyl adjacent to an activating group) is 1. The summed E-state index contributed by atoms with van der Waals surface area (Å²) < 4.78 is 41.2. The van der Waals surface area contributed by atoms with Crippen LogP contribution in [0.15, 0.2) is 78.9 Å². The lowest BCUT2D eigenvalue weighted by Crippen LogP contribution is -2.45. The van der Waals surface area contributed by atoms with Gasteiger partial charge in [-0.2, -0.15) is 0 Å². The third kappa shape index (κ3) is 8.07. The number of likely N-dealkylation sites (tertiary alicyclic amines) is 2. The van der Waals surface area contributed by atoms with Crippen molar-refractivity contribution >= 4 is 11.9 Å². The van der Waals surface area contributed by atoms with Gasteiger partial charge in [0.1, 0.15) is 5.75 Å². The Balaban J connectivity index is 1.07. The van der Waals surface area contributed by atoms with Gasteiger partial charge in [-0.05, 0) is 73.2 Å². The molecule has 10 heteroatoms. The Kier molecular flexibility index (Phi) is 9.55. The van der Waals surface area contributed by atoms with Crippen molar-refractivity contribution in [1.29, 1.82) is 0 Å². The minimum atomic E-state index is -4.74. The number of alkyl halides is 3. The molecule has 2 fully saturated rings. The highest BCUT2D eigenvalue weighted by Crippen LogP contribution is 2.27. The number of aryl methyl sites for hydroxylation is 1. The topological polar surface area (TPSA) is 65.1 Å². The van der Waals surface area contributed by atoms with E-state index < -0.39 is 6.36 Å². The minimum Gasteiger partial charge on any atom is -0.406 e. The molecule has 2 aliphatic heterocycles. The molecule has 0 aromatic heterocycles. The van der Waals surface area contributed by atoms with Crippen LogP contribution in [0.4, 0.5) is 18.0 Å².